The number of hydrogen-bond acceptors (Lipinski definition) is 2. The molecule has 0 radical (unpaired) electrons. The summed E-state index contributed by atoms with van der Waals surface area (Å²) in [6.45, 7) is 1.81. The standard InChI is InChI=1S/C19H28N2O/c20-17(15-16-7-3-1-4-8-16)18(22)21-13-11-19(12-14-21)9-5-2-6-10-19/h1,3-4,7-8,17H,2,5-6,9-15,20H2. The number of amides is 1. The maximum Gasteiger partial charge on any atom is 0.239 e. The van der Waals surface area contributed by atoms with Crippen LogP contribution in [0.4, 0.5) is 0 Å². The van der Waals surface area contributed by atoms with E-state index in [0.717, 1.165) is 18.7 Å². The van der Waals surface area contributed by atoms with Gasteiger partial charge in [-0.05, 0) is 43.1 Å². The molecule has 1 saturated heterocycles. The van der Waals surface area contributed by atoms with Crippen LogP contribution in [0.2, 0.25) is 0 Å². The monoisotopic (exact) mass is 300 g/mol. The minimum Gasteiger partial charge on any atom is -0.341 e. The van der Waals surface area contributed by atoms with Crippen molar-refractivity contribution in [2.75, 3.05) is 13.1 Å². The van der Waals surface area contributed by atoms with Gasteiger partial charge in [0.15, 0.2) is 0 Å². The van der Waals surface area contributed by atoms with Crippen molar-refractivity contribution >= 4 is 5.91 Å². The van der Waals surface area contributed by atoms with Gasteiger partial charge in [0.1, 0.15) is 0 Å². The normalized spacial score (nSPS) is 22.5. The summed E-state index contributed by atoms with van der Waals surface area (Å²) in [5.41, 5.74) is 7.84. The van der Waals surface area contributed by atoms with Crippen molar-refractivity contribution in [1.29, 1.82) is 0 Å². The lowest BCUT2D eigenvalue weighted by molar-refractivity contribution is -0.135. The summed E-state index contributed by atoms with van der Waals surface area (Å²) < 4.78 is 0. The summed E-state index contributed by atoms with van der Waals surface area (Å²) in [5.74, 6) is 0.134. The molecule has 1 atom stereocenters. The maximum atomic E-state index is 12.6. The Hall–Kier alpha value is -1.35. The van der Waals surface area contributed by atoms with E-state index in [0.29, 0.717) is 11.8 Å². The van der Waals surface area contributed by atoms with Crippen molar-refractivity contribution in [3.8, 4) is 0 Å². The molecule has 1 spiro atoms. The molecule has 0 bridgehead atoms. The Labute approximate surface area is 133 Å². The van der Waals surface area contributed by atoms with Crippen LogP contribution in [0.15, 0.2) is 30.3 Å². The molecule has 2 N–H and O–H groups in total. The second-order valence-electron chi connectivity index (χ2n) is 7.18. The molecular formula is C19H28N2O. The van der Waals surface area contributed by atoms with Crippen LogP contribution in [-0.4, -0.2) is 29.9 Å². The first kappa shape index (κ1) is 15.5. The molecule has 3 nitrogen and oxygen atoms in total. The highest BCUT2D eigenvalue weighted by Crippen LogP contribution is 2.44. The Balaban J connectivity index is 1.53. The van der Waals surface area contributed by atoms with Gasteiger partial charge >= 0.3 is 0 Å². The summed E-state index contributed by atoms with van der Waals surface area (Å²) in [5, 5.41) is 0. The van der Waals surface area contributed by atoms with Crippen LogP contribution >= 0.6 is 0 Å². The van der Waals surface area contributed by atoms with Crippen LogP contribution in [0.1, 0.15) is 50.5 Å². The number of hydrogen-bond donors (Lipinski definition) is 1. The van der Waals surface area contributed by atoms with E-state index in [1.54, 1.807) is 0 Å². The average Bonchev–Trinajstić information content (AvgIpc) is 2.56. The zero-order chi connectivity index (χ0) is 15.4. The van der Waals surface area contributed by atoms with Crippen LogP contribution in [0.25, 0.3) is 0 Å². The first-order valence-electron chi connectivity index (χ1n) is 8.77. The van der Waals surface area contributed by atoms with Gasteiger partial charge in [0, 0.05) is 13.1 Å². The van der Waals surface area contributed by atoms with Gasteiger partial charge in [-0.3, -0.25) is 4.79 Å². The first-order valence-corrected chi connectivity index (χ1v) is 8.77. The number of carbonyl (C=O) groups excluding carboxylic acids is 1. The van der Waals surface area contributed by atoms with Crippen LogP contribution < -0.4 is 5.73 Å². The number of nitrogens with zero attached hydrogens (tertiary/aromatic N) is 1. The third-order valence-electron chi connectivity index (χ3n) is 5.67. The van der Waals surface area contributed by atoms with Gasteiger partial charge in [0.25, 0.3) is 0 Å². The van der Waals surface area contributed by atoms with Gasteiger partial charge in [-0.2, -0.15) is 0 Å². The summed E-state index contributed by atoms with van der Waals surface area (Å²) in [6, 6.07) is 9.68. The zero-order valence-corrected chi connectivity index (χ0v) is 13.5. The van der Waals surface area contributed by atoms with Crippen LogP contribution in [0.3, 0.4) is 0 Å². The Kier molecular flexibility index (Phi) is 4.82. The fourth-order valence-electron chi connectivity index (χ4n) is 4.19. The van der Waals surface area contributed by atoms with Gasteiger partial charge < -0.3 is 10.6 Å². The molecule has 1 amide bonds. The summed E-state index contributed by atoms with van der Waals surface area (Å²) >= 11 is 0. The lowest BCUT2D eigenvalue weighted by Crippen LogP contribution is -2.50. The molecular weight excluding hydrogens is 272 g/mol. The molecule has 0 aromatic heterocycles. The highest BCUT2D eigenvalue weighted by molar-refractivity contribution is 5.82. The maximum absolute atomic E-state index is 12.6. The fourth-order valence-corrected chi connectivity index (χ4v) is 4.19. The molecule has 1 aromatic carbocycles. The van der Waals surface area contributed by atoms with Gasteiger partial charge in [0.2, 0.25) is 5.91 Å². The van der Waals surface area contributed by atoms with E-state index in [1.807, 2.05) is 35.2 Å². The average molecular weight is 300 g/mol. The van der Waals surface area contributed by atoms with E-state index in [9.17, 15) is 4.79 Å². The minimum atomic E-state index is -0.400. The molecule has 3 heteroatoms. The van der Waals surface area contributed by atoms with Crippen molar-refractivity contribution in [3.63, 3.8) is 0 Å². The van der Waals surface area contributed by atoms with Crippen molar-refractivity contribution in [2.45, 2.75) is 57.4 Å². The highest BCUT2D eigenvalue weighted by Gasteiger charge is 2.37. The molecule has 1 aliphatic carbocycles. The lowest BCUT2D eigenvalue weighted by atomic mass is 9.68. The van der Waals surface area contributed by atoms with Gasteiger partial charge in [0.05, 0.1) is 6.04 Å². The number of nitrogens with two attached hydrogens (primary N) is 1. The summed E-state index contributed by atoms with van der Waals surface area (Å²) in [6.07, 6.45) is 9.88. The molecule has 1 aliphatic heterocycles. The third kappa shape index (κ3) is 3.52. The molecule has 1 unspecified atom stereocenters. The molecule has 3 rings (SSSR count). The quantitative estimate of drug-likeness (QED) is 0.932. The summed E-state index contributed by atoms with van der Waals surface area (Å²) in [4.78, 5) is 14.6. The molecule has 1 heterocycles. The van der Waals surface area contributed by atoms with Gasteiger partial charge in [-0.25, -0.2) is 0 Å². The Morgan fingerprint density at radius 1 is 1.05 bits per heavy atom. The third-order valence-corrected chi connectivity index (χ3v) is 5.67. The van der Waals surface area contributed by atoms with E-state index in [-0.39, 0.29) is 5.91 Å². The molecule has 22 heavy (non-hydrogen) atoms. The van der Waals surface area contributed by atoms with Crippen LogP contribution in [-0.2, 0) is 11.2 Å². The van der Waals surface area contributed by atoms with Crippen molar-refractivity contribution in [2.24, 2.45) is 11.1 Å². The van der Waals surface area contributed by atoms with Crippen LogP contribution in [0, 0.1) is 5.41 Å². The largest absolute Gasteiger partial charge is 0.341 e. The fraction of sp³-hybridized carbons (Fsp3) is 0.632. The number of piperidine rings is 1. The predicted octanol–water partition coefficient (Wildman–Crippen LogP) is 3.13. The SMILES string of the molecule is NC(Cc1ccccc1)C(=O)N1CCC2(CCCCC2)CC1. The Morgan fingerprint density at radius 2 is 1.68 bits per heavy atom. The van der Waals surface area contributed by atoms with E-state index in [2.05, 4.69) is 0 Å². The molecule has 2 fully saturated rings. The highest BCUT2D eigenvalue weighted by atomic mass is 16.2. The number of likely N-dealkylation sites (tertiary alicyclic amines) is 1. The lowest BCUT2D eigenvalue weighted by Gasteiger charge is -2.44. The number of benzene rings is 1. The predicted molar refractivity (Wildman–Crippen MR) is 89.5 cm³/mol. The van der Waals surface area contributed by atoms with Crippen LogP contribution in [0.5, 0.6) is 0 Å². The van der Waals surface area contributed by atoms with E-state index in [1.165, 1.54) is 44.9 Å². The van der Waals surface area contributed by atoms with Crippen molar-refractivity contribution in [3.05, 3.63) is 35.9 Å². The minimum absolute atomic E-state index is 0.134. The van der Waals surface area contributed by atoms with Crippen molar-refractivity contribution in [1.82, 2.24) is 4.90 Å². The van der Waals surface area contributed by atoms with E-state index >= 15 is 0 Å². The number of carbonyl (C=O) groups is 1. The van der Waals surface area contributed by atoms with Gasteiger partial charge in [-0.1, -0.05) is 49.6 Å². The second kappa shape index (κ2) is 6.82. The van der Waals surface area contributed by atoms with Gasteiger partial charge in [-0.15, -0.1) is 0 Å². The molecule has 2 aliphatic rings. The molecule has 120 valence electrons. The topological polar surface area (TPSA) is 46.3 Å². The second-order valence-corrected chi connectivity index (χ2v) is 7.18. The van der Waals surface area contributed by atoms with E-state index in [4.69, 9.17) is 5.73 Å². The van der Waals surface area contributed by atoms with Crippen molar-refractivity contribution < 1.29 is 4.79 Å². The van der Waals surface area contributed by atoms with E-state index < -0.39 is 6.04 Å². The molecule has 1 saturated carbocycles. The Morgan fingerprint density at radius 3 is 2.32 bits per heavy atom. The molecule has 1 aromatic rings. The first-order chi connectivity index (χ1) is 10.7. The summed E-state index contributed by atoms with van der Waals surface area (Å²) in [7, 11) is 0. The zero-order valence-electron chi connectivity index (χ0n) is 13.5. The smallest absolute Gasteiger partial charge is 0.239 e. The Bertz CT molecular complexity index is 483. The number of rotatable bonds is 3.